The molecule has 5 nitrogen and oxygen atoms in total. The molecular weight excluding hydrogens is 344 g/mol. The molecule has 9 heteroatoms. The molecule has 0 heterocycles. The summed E-state index contributed by atoms with van der Waals surface area (Å²) in [6.07, 6.45) is -0.275. The summed E-state index contributed by atoms with van der Waals surface area (Å²) >= 11 is 0. The number of benzene rings is 1. The highest BCUT2D eigenvalue weighted by Gasteiger charge is 2.37. The molecule has 1 aliphatic carbocycles. The molecule has 0 saturated heterocycles. The van der Waals surface area contributed by atoms with Crippen molar-refractivity contribution in [2.75, 3.05) is 6.61 Å². The molecule has 0 unspecified atom stereocenters. The number of nitrogens with zero attached hydrogens (tertiary/aromatic N) is 2. The first-order chi connectivity index (χ1) is 11.8. The summed E-state index contributed by atoms with van der Waals surface area (Å²) in [6.45, 7) is 1.37. The first kappa shape index (κ1) is 18.4. The zero-order valence-corrected chi connectivity index (χ0v) is 12.9. The van der Waals surface area contributed by atoms with Crippen LogP contribution >= 0.6 is 0 Å². The molecule has 1 saturated carbocycles. The Morgan fingerprint density at radius 3 is 2.64 bits per heavy atom. The van der Waals surface area contributed by atoms with E-state index in [0.717, 1.165) is 12.3 Å². The lowest BCUT2D eigenvalue weighted by atomic mass is 10.0. The van der Waals surface area contributed by atoms with Crippen LogP contribution in [0.2, 0.25) is 0 Å². The van der Waals surface area contributed by atoms with Crippen LogP contribution in [0.25, 0.3) is 5.76 Å². The van der Waals surface area contributed by atoms with Crippen molar-refractivity contribution >= 4 is 17.9 Å². The minimum atomic E-state index is -1.72. The number of aliphatic hydroxyl groups excluding tert-OH is 1. The summed E-state index contributed by atoms with van der Waals surface area (Å²) < 4.78 is 58.6. The van der Waals surface area contributed by atoms with Crippen molar-refractivity contribution in [1.82, 2.24) is 0 Å². The first-order valence-corrected chi connectivity index (χ1v) is 7.17. The molecule has 1 aliphatic rings. The Labute approximate surface area is 139 Å². The molecule has 0 aromatic heterocycles. The van der Waals surface area contributed by atoms with Gasteiger partial charge in [0, 0.05) is 12.6 Å². The Balaban J connectivity index is 2.58. The number of esters is 1. The van der Waals surface area contributed by atoms with Crippen LogP contribution in [0, 0.1) is 28.8 Å². The number of alkyl halides is 1. The first-order valence-electron chi connectivity index (χ1n) is 7.17. The second kappa shape index (κ2) is 7.34. The number of hydrogen-bond donors (Lipinski definition) is 1. The van der Waals surface area contributed by atoms with Crippen LogP contribution in [0.15, 0.2) is 16.6 Å². The maximum atomic E-state index is 14.2. The van der Waals surface area contributed by atoms with Gasteiger partial charge in [0.05, 0.1) is 18.2 Å². The van der Waals surface area contributed by atoms with Gasteiger partial charge in [0.1, 0.15) is 29.1 Å². The van der Waals surface area contributed by atoms with Crippen LogP contribution in [0.4, 0.5) is 17.6 Å². The summed E-state index contributed by atoms with van der Waals surface area (Å²) in [5.41, 5.74) is -2.85. The molecule has 2 rings (SSSR count). The van der Waals surface area contributed by atoms with E-state index in [0.29, 0.717) is 6.07 Å². The van der Waals surface area contributed by atoms with Crippen LogP contribution in [0.1, 0.15) is 24.5 Å². The third-order valence-corrected chi connectivity index (χ3v) is 3.35. The van der Waals surface area contributed by atoms with Crippen molar-refractivity contribution in [1.29, 1.82) is 5.26 Å². The van der Waals surface area contributed by atoms with E-state index < -0.39 is 58.1 Å². The zero-order chi connectivity index (χ0) is 18.7. The van der Waals surface area contributed by atoms with Crippen molar-refractivity contribution in [3.63, 3.8) is 0 Å². The lowest BCUT2D eigenvalue weighted by Gasteiger charge is -2.09. The average molecular weight is 356 g/mol. The monoisotopic (exact) mass is 356 g/mol. The molecule has 0 spiro atoms. The van der Waals surface area contributed by atoms with Gasteiger partial charge >= 0.3 is 5.97 Å². The molecule has 0 radical (unpaired) electrons. The second-order valence-electron chi connectivity index (χ2n) is 5.10. The number of aliphatic imine (C=N–C) groups is 1. The fourth-order valence-corrected chi connectivity index (χ4v) is 1.92. The predicted octanol–water partition coefficient (Wildman–Crippen LogP) is 2.99. The van der Waals surface area contributed by atoms with Gasteiger partial charge < -0.3 is 9.84 Å². The van der Waals surface area contributed by atoms with Gasteiger partial charge in [0.15, 0.2) is 17.5 Å². The number of rotatable bonds is 5. The highest BCUT2D eigenvalue weighted by Crippen LogP contribution is 2.30. The minimum absolute atomic E-state index is 0.0949. The van der Waals surface area contributed by atoms with Gasteiger partial charge in [0.2, 0.25) is 0 Å². The molecule has 0 aliphatic heterocycles. The number of carbonyl (C=O) groups excluding carboxylic acids is 1. The van der Waals surface area contributed by atoms with E-state index in [2.05, 4.69) is 9.73 Å². The van der Waals surface area contributed by atoms with Gasteiger partial charge in [0.25, 0.3) is 0 Å². The SMILES string of the molecule is CCOC(=O)C(C=N[C@@H]1C[C@@H]1F)=C(O)c1cc(F)c(F)c(C#N)c1F. The van der Waals surface area contributed by atoms with Crippen LogP contribution < -0.4 is 0 Å². The summed E-state index contributed by atoms with van der Waals surface area (Å²) in [7, 11) is 0. The number of aliphatic hydroxyl groups is 1. The predicted molar refractivity (Wildman–Crippen MR) is 79.0 cm³/mol. The number of halogens is 4. The van der Waals surface area contributed by atoms with E-state index in [4.69, 9.17) is 5.26 Å². The van der Waals surface area contributed by atoms with Gasteiger partial charge in [-0.05, 0) is 13.0 Å². The van der Waals surface area contributed by atoms with E-state index in [1.165, 1.54) is 6.92 Å². The lowest BCUT2D eigenvalue weighted by Crippen LogP contribution is -2.13. The third-order valence-electron chi connectivity index (χ3n) is 3.35. The lowest BCUT2D eigenvalue weighted by molar-refractivity contribution is -0.137. The molecule has 1 aromatic rings. The van der Waals surface area contributed by atoms with Gasteiger partial charge in [-0.3, -0.25) is 4.99 Å². The van der Waals surface area contributed by atoms with Gasteiger partial charge in [-0.15, -0.1) is 0 Å². The number of nitriles is 1. The molecule has 0 amide bonds. The highest BCUT2D eigenvalue weighted by atomic mass is 19.2. The normalized spacial score (nSPS) is 20.2. The average Bonchev–Trinajstić information content (AvgIpc) is 3.27. The standard InChI is InChI=1S/C16H12F4N2O3/c1-2-25-16(24)9(6-22-12-4-10(12)17)15(23)7-3-11(18)14(20)8(5-21)13(7)19/h3,6,10,12,23H,2,4H2,1H3/t10-,12+/m0/s1. The highest BCUT2D eigenvalue weighted by molar-refractivity contribution is 6.15. The zero-order valence-electron chi connectivity index (χ0n) is 12.9. The molecular formula is C16H12F4N2O3. The van der Waals surface area contributed by atoms with Gasteiger partial charge in [-0.25, -0.2) is 22.4 Å². The largest absolute Gasteiger partial charge is 0.506 e. The van der Waals surface area contributed by atoms with E-state index in [-0.39, 0.29) is 13.0 Å². The Bertz CT molecular complexity index is 815. The van der Waals surface area contributed by atoms with Crippen LogP contribution in [0.3, 0.4) is 0 Å². The van der Waals surface area contributed by atoms with E-state index in [1.807, 2.05) is 0 Å². The summed E-state index contributed by atoms with van der Waals surface area (Å²) in [6, 6.07) is 0.724. The Kier molecular flexibility index (Phi) is 5.41. The Morgan fingerprint density at radius 1 is 1.48 bits per heavy atom. The summed E-state index contributed by atoms with van der Waals surface area (Å²) in [5.74, 6) is -7.09. The maximum absolute atomic E-state index is 14.2. The van der Waals surface area contributed by atoms with Crippen LogP contribution in [-0.2, 0) is 9.53 Å². The fraction of sp³-hybridized carbons (Fsp3) is 0.312. The molecule has 2 atom stereocenters. The van der Waals surface area contributed by atoms with Gasteiger partial charge in [-0.2, -0.15) is 5.26 Å². The molecule has 1 N–H and O–H groups in total. The fourth-order valence-electron chi connectivity index (χ4n) is 1.92. The Hall–Kier alpha value is -2.89. The van der Waals surface area contributed by atoms with Crippen molar-refractivity contribution in [3.05, 3.63) is 40.2 Å². The van der Waals surface area contributed by atoms with Crippen molar-refractivity contribution in [2.45, 2.75) is 25.6 Å². The maximum Gasteiger partial charge on any atom is 0.343 e. The van der Waals surface area contributed by atoms with Crippen molar-refractivity contribution in [2.24, 2.45) is 4.99 Å². The van der Waals surface area contributed by atoms with Crippen LogP contribution in [-0.4, -0.2) is 36.1 Å². The molecule has 25 heavy (non-hydrogen) atoms. The number of carbonyl (C=O) groups is 1. The van der Waals surface area contributed by atoms with E-state index in [9.17, 15) is 27.5 Å². The van der Waals surface area contributed by atoms with Gasteiger partial charge in [-0.1, -0.05) is 0 Å². The summed E-state index contributed by atoms with van der Waals surface area (Å²) in [4.78, 5) is 15.6. The smallest absolute Gasteiger partial charge is 0.343 e. The molecule has 1 aromatic carbocycles. The van der Waals surface area contributed by atoms with Crippen molar-refractivity contribution in [3.8, 4) is 6.07 Å². The number of hydrogen-bond acceptors (Lipinski definition) is 5. The Morgan fingerprint density at radius 2 is 2.12 bits per heavy atom. The third kappa shape index (κ3) is 3.79. The topological polar surface area (TPSA) is 82.7 Å². The molecule has 0 bridgehead atoms. The number of ether oxygens (including phenoxy) is 1. The molecule has 132 valence electrons. The summed E-state index contributed by atoms with van der Waals surface area (Å²) in [5, 5.41) is 18.9. The van der Waals surface area contributed by atoms with Crippen LogP contribution in [0.5, 0.6) is 0 Å². The molecule has 1 fully saturated rings. The van der Waals surface area contributed by atoms with E-state index in [1.54, 1.807) is 0 Å². The second-order valence-corrected chi connectivity index (χ2v) is 5.10. The van der Waals surface area contributed by atoms with E-state index >= 15 is 0 Å². The quantitative estimate of drug-likeness (QED) is 0.220. The minimum Gasteiger partial charge on any atom is -0.506 e. The van der Waals surface area contributed by atoms with Crippen molar-refractivity contribution < 1.29 is 32.2 Å².